The fraction of sp³-hybridized carbons (Fsp3) is 0.385. The molecular formula is C13H15NO3. The molecule has 0 amide bonds. The molecule has 1 aliphatic heterocycles. The van der Waals surface area contributed by atoms with Crippen LogP contribution in [-0.4, -0.2) is 27.8 Å². The second kappa shape index (κ2) is 4.30. The van der Waals surface area contributed by atoms with Gasteiger partial charge in [0.25, 0.3) is 0 Å². The van der Waals surface area contributed by atoms with E-state index >= 15 is 0 Å². The highest BCUT2D eigenvalue weighted by Crippen LogP contribution is 2.25. The topological polar surface area (TPSA) is 57.6 Å². The number of hydrogen-bond donors (Lipinski definition) is 1. The predicted molar refractivity (Wildman–Crippen MR) is 62.8 cm³/mol. The molecule has 17 heavy (non-hydrogen) atoms. The smallest absolute Gasteiger partial charge is 0.320 e. The number of Topliss-reactive ketones (excluding diaryl/α,β-unsaturated/α-hetero) is 1. The van der Waals surface area contributed by atoms with Crippen LogP contribution >= 0.6 is 0 Å². The third-order valence-electron chi connectivity index (χ3n) is 3.26. The number of carboxylic acids is 1. The van der Waals surface area contributed by atoms with Crippen molar-refractivity contribution in [1.82, 2.24) is 4.90 Å². The first kappa shape index (κ1) is 11.8. The van der Waals surface area contributed by atoms with Crippen LogP contribution in [0.2, 0.25) is 0 Å². The minimum Gasteiger partial charge on any atom is -0.480 e. The SMILES string of the molecule is CC(=O)c1ccc2c(c1)CN(C(C)C(=O)O)C2. The molecule has 2 rings (SSSR count). The highest BCUT2D eigenvalue weighted by Gasteiger charge is 2.27. The number of hydrogen-bond acceptors (Lipinski definition) is 3. The molecule has 0 aliphatic carbocycles. The third-order valence-corrected chi connectivity index (χ3v) is 3.26. The number of ketones is 1. The maximum absolute atomic E-state index is 11.3. The van der Waals surface area contributed by atoms with Gasteiger partial charge in [-0.1, -0.05) is 12.1 Å². The lowest BCUT2D eigenvalue weighted by molar-refractivity contribution is -0.142. The summed E-state index contributed by atoms with van der Waals surface area (Å²) in [7, 11) is 0. The van der Waals surface area contributed by atoms with Gasteiger partial charge in [-0.15, -0.1) is 0 Å². The lowest BCUT2D eigenvalue weighted by Gasteiger charge is -2.19. The minimum absolute atomic E-state index is 0.0394. The van der Waals surface area contributed by atoms with Gasteiger partial charge in [0.15, 0.2) is 5.78 Å². The van der Waals surface area contributed by atoms with Crippen LogP contribution in [0.15, 0.2) is 18.2 Å². The summed E-state index contributed by atoms with van der Waals surface area (Å²) in [6.45, 7) is 4.46. The number of benzene rings is 1. The van der Waals surface area contributed by atoms with Crippen LogP contribution in [0, 0.1) is 0 Å². The largest absolute Gasteiger partial charge is 0.480 e. The Morgan fingerprint density at radius 2 is 1.94 bits per heavy atom. The number of carbonyl (C=O) groups excluding carboxylic acids is 1. The Morgan fingerprint density at radius 1 is 1.29 bits per heavy atom. The Balaban J connectivity index is 2.22. The Kier molecular flexibility index (Phi) is 2.98. The van der Waals surface area contributed by atoms with Gasteiger partial charge in [0.1, 0.15) is 6.04 Å². The average Bonchev–Trinajstić information content (AvgIpc) is 2.69. The second-order valence-electron chi connectivity index (χ2n) is 4.46. The Labute approximate surface area is 99.9 Å². The predicted octanol–water partition coefficient (Wildman–Crippen LogP) is 1.68. The van der Waals surface area contributed by atoms with Gasteiger partial charge < -0.3 is 5.11 Å². The van der Waals surface area contributed by atoms with Crippen LogP contribution < -0.4 is 0 Å². The van der Waals surface area contributed by atoms with E-state index in [0.29, 0.717) is 18.7 Å². The standard InChI is InChI=1S/C13H15NO3/c1-8(13(16)17)14-6-11-4-3-10(9(2)15)5-12(11)7-14/h3-5,8H,6-7H2,1-2H3,(H,16,17). The summed E-state index contributed by atoms with van der Waals surface area (Å²) in [6.07, 6.45) is 0. The van der Waals surface area contributed by atoms with Gasteiger partial charge in [-0.25, -0.2) is 0 Å². The summed E-state index contributed by atoms with van der Waals surface area (Å²) in [5.41, 5.74) is 2.86. The van der Waals surface area contributed by atoms with Crippen molar-refractivity contribution >= 4 is 11.8 Å². The van der Waals surface area contributed by atoms with Gasteiger partial charge in [-0.3, -0.25) is 14.5 Å². The van der Waals surface area contributed by atoms with Crippen LogP contribution in [-0.2, 0) is 17.9 Å². The molecule has 1 heterocycles. The van der Waals surface area contributed by atoms with Gasteiger partial charge in [-0.05, 0) is 31.0 Å². The van der Waals surface area contributed by atoms with Crippen LogP contribution in [0.4, 0.5) is 0 Å². The molecule has 0 fully saturated rings. The molecule has 1 N–H and O–H groups in total. The molecule has 0 spiro atoms. The van der Waals surface area contributed by atoms with Gasteiger partial charge in [-0.2, -0.15) is 0 Å². The molecule has 1 unspecified atom stereocenters. The van der Waals surface area contributed by atoms with Crippen LogP contribution in [0.1, 0.15) is 35.3 Å². The van der Waals surface area contributed by atoms with Crippen molar-refractivity contribution in [3.63, 3.8) is 0 Å². The normalized spacial score (nSPS) is 16.6. The molecule has 1 atom stereocenters. The molecule has 0 bridgehead atoms. The number of nitrogens with zero attached hydrogens (tertiary/aromatic N) is 1. The first-order valence-electron chi connectivity index (χ1n) is 5.58. The Hall–Kier alpha value is -1.68. The van der Waals surface area contributed by atoms with Crippen molar-refractivity contribution in [3.05, 3.63) is 34.9 Å². The maximum Gasteiger partial charge on any atom is 0.320 e. The van der Waals surface area contributed by atoms with E-state index in [1.165, 1.54) is 6.92 Å². The number of carboxylic acid groups (broad SMARTS) is 1. The molecule has 0 saturated heterocycles. The van der Waals surface area contributed by atoms with Gasteiger partial charge in [0.05, 0.1) is 0 Å². The first-order chi connectivity index (χ1) is 7.99. The van der Waals surface area contributed by atoms with E-state index < -0.39 is 12.0 Å². The Bertz CT molecular complexity index is 482. The summed E-state index contributed by atoms with van der Waals surface area (Å²) in [5, 5.41) is 8.97. The van der Waals surface area contributed by atoms with Gasteiger partial charge >= 0.3 is 5.97 Å². The molecule has 1 aromatic carbocycles. The van der Waals surface area contributed by atoms with E-state index in [1.54, 1.807) is 13.0 Å². The molecule has 4 heteroatoms. The van der Waals surface area contributed by atoms with E-state index in [0.717, 1.165) is 11.1 Å². The van der Waals surface area contributed by atoms with Crippen LogP contribution in [0.5, 0.6) is 0 Å². The zero-order chi connectivity index (χ0) is 12.6. The van der Waals surface area contributed by atoms with E-state index in [9.17, 15) is 9.59 Å². The van der Waals surface area contributed by atoms with Crippen LogP contribution in [0.3, 0.4) is 0 Å². The molecule has 90 valence electrons. The fourth-order valence-electron chi connectivity index (χ4n) is 2.07. The minimum atomic E-state index is -0.815. The van der Waals surface area contributed by atoms with E-state index in [2.05, 4.69) is 0 Å². The average molecular weight is 233 g/mol. The lowest BCUT2D eigenvalue weighted by atomic mass is 10.0. The number of carbonyl (C=O) groups is 2. The van der Waals surface area contributed by atoms with Crippen molar-refractivity contribution in [2.45, 2.75) is 33.0 Å². The van der Waals surface area contributed by atoms with Gasteiger partial charge in [0.2, 0.25) is 0 Å². The zero-order valence-corrected chi connectivity index (χ0v) is 9.93. The number of aliphatic carboxylic acids is 1. The Morgan fingerprint density at radius 3 is 2.53 bits per heavy atom. The molecule has 0 aromatic heterocycles. The quantitative estimate of drug-likeness (QED) is 0.807. The monoisotopic (exact) mass is 233 g/mol. The van der Waals surface area contributed by atoms with Gasteiger partial charge in [0, 0.05) is 18.7 Å². The lowest BCUT2D eigenvalue weighted by Crippen LogP contribution is -2.34. The molecule has 1 aromatic rings. The first-order valence-corrected chi connectivity index (χ1v) is 5.58. The van der Waals surface area contributed by atoms with Crippen molar-refractivity contribution in [2.75, 3.05) is 0 Å². The zero-order valence-electron chi connectivity index (χ0n) is 9.93. The molecule has 1 aliphatic rings. The van der Waals surface area contributed by atoms with Crippen molar-refractivity contribution in [2.24, 2.45) is 0 Å². The van der Waals surface area contributed by atoms with E-state index in [-0.39, 0.29) is 5.78 Å². The van der Waals surface area contributed by atoms with E-state index in [4.69, 9.17) is 5.11 Å². The summed E-state index contributed by atoms with van der Waals surface area (Å²) < 4.78 is 0. The summed E-state index contributed by atoms with van der Waals surface area (Å²) in [6, 6.07) is 5.09. The maximum atomic E-state index is 11.3. The third kappa shape index (κ3) is 2.22. The second-order valence-corrected chi connectivity index (χ2v) is 4.46. The number of fused-ring (bicyclic) bond motifs is 1. The summed E-state index contributed by atoms with van der Waals surface area (Å²) >= 11 is 0. The van der Waals surface area contributed by atoms with Crippen molar-refractivity contribution < 1.29 is 14.7 Å². The van der Waals surface area contributed by atoms with Crippen molar-refractivity contribution in [1.29, 1.82) is 0 Å². The molecule has 0 radical (unpaired) electrons. The molecule has 0 saturated carbocycles. The highest BCUT2D eigenvalue weighted by molar-refractivity contribution is 5.94. The molecule has 4 nitrogen and oxygen atoms in total. The van der Waals surface area contributed by atoms with Crippen molar-refractivity contribution in [3.8, 4) is 0 Å². The van der Waals surface area contributed by atoms with E-state index in [1.807, 2.05) is 17.0 Å². The summed E-state index contributed by atoms with van der Waals surface area (Å²) in [4.78, 5) is 24.1. The summed E-state index contributed by atoms with van der Waals surface area (Å²) in [5.74, 6) is -0.776. The molecular weight excluding hydrogens is 218 g/mol. The highest BCUT2D eigenvalue weighted by atomic mass is 16.4. The fourth-order valence-corrected chi connectivity index (χ4v) is 2.07. The number of rotatable bonds is 3. The van der Waals surface area contributed by atoms with Crippen LogP contribution in [0.25, 0.3) is 0 Å².